The van der Waals surface area contributed by atoms with Gasteiger partial charge in [0.2, 0.25) is 0 Å². The predicted octanol–water partition coefficient (Wildman–Crippen LogP) is 2.62. The second-order valence-electron chi connectivity index (χ2n) is 5.17. The summed E-state index contributed by atoms with van der Waals surface area (Å²) >= 11 is 0. The Balaban J connectivity index is 2.28. The van der Waals surface area contributed by atoms with Crippen molar-refractivity contribution in [2.24, 2.45) is 0 Å². The summed E-state index contributed by atoms with van der Waals surface area (Å²) in [6, 6.07) is 7.29. The van der Waals surface area contributed by atoms with Gasteiger partial charge in [-0.05, 0) is 43.0 Å². The summed E-state index contributed by atoms with van der Waals surface area (Å²) in [6.07, 6.45) is 4.72. The Hall–Kier alpha value is -2.48. The van der Waals surface area contributed by atoms with E-state index >= 15 is 0 Å². The number of methoxy groups -OCH3 is 2. The SMILES string of the molecule is COc1cc(/C=C(\C#N)C(=O)N2CCCCC2)cc(OC)c1. The Morgan fingerprint density at radius 3 is 2.23 bits per heavy atom. The van der Waals surface area contributed by atoms with Crippen LogP contribution in [0.2, 0.25) is 0 Å². The predicted molar refractivity (Wildman–Crippen MR) is 83.6 cm³/mol. The lowest BCUT2D eigenvalue weighted by molar-refractivity contribution is -0.127. The third-order valence-electron chi connectivity index (χ3n) is 3.68. The fourth-order valence-corrected chi connectivity index (χ4v) is 2.49. The molecule has 5 heteroatoms. The lowest BCUT2D eigenvalue weighted by atomic mass is 10.1. The van der Waals surface area contributed by atoms with Gasteiger partial charge in [-0.25, -0.2) is 0 Å². The first-order valence-electron chi connectivity index (χ1n) is 7.32. The summed E-state index contributed by atoms with van der Waals surface area (Å²) in [5.74, 6) is 1.03. The van der Waals surface area contributed by atoms with Gasteiger partial charge < -0.3 is 14.4 Å². The van der Waals surface area contributed by atoms with E-state index in [9.17, 15) is 10.1 Å². The van der Waals surface area contributed by atoms with Crippen molar-refractivity contribution in [2.75, 3.05) is 27.3 Å². The van der Waals surface area contributed by atoms with Gasteiger partial charge in [0, 0.05) is 19.2 Å². The van der Waals surface area contributed by atoms with E-state index in [1.165, 1.54) is 0 Å². The summed E-state index contributed by atoms with van der Waals surface area (Å²) in [4.78, 5) is 14.2. The average molecular weight is 300 g/mol. The highest BCUT2D eigenvalue weighted by molar-refractivity contribution is 6.01. The van der Waals surface area contributed by atoms with E-state index in [0.29, 0.717) is 17.1 Å². The minimum absolute atomic E-state index is 0.136. The molecule has 0 spiro atoms. The van der Waals surface area contributed by atoms with Gasteiger partial charge in [-0.1, -0.05) is 0 Å². The summed E-state index contributed by atoms with van der Waals surface area (Å²) in [5.41, 5.74) is 0.843. The van der Waals surface area contributed by atoms with Gasteiger partial charge in [-0.2, -0.15) is 5.26 Å². The molecule has 1 aromatic carbocycles. The maximum Gasteiger partial charge on any atom is 0.264 e. The molecule has 0 unspecified atom stereocenters. The molecule has 1 heterocycles. The summed E-state index contributed by atoms with van der Waals surface area (Å²) in [6.45, 7) is 1.44. The van der Waals surface area contributed by atoms with Crippen molar-refractivity contribution in [3.63, 3.8) is 0 Å². The van der Waals surface area contributed by atoms with Crippen LogP contribution in [-0.4, -0.2) is 38.1 Å². The number of benzene rings is 1. The fraction of sp³-hybridized carbons (Fsp3) is 0.412. The third kappa shape index (κ3) is 3.79. The molecule has 0 N–H and O–H groups in total. The Kier molecular flexibility index (Phi) is 5.42. The first-order valence-corrected chi connectivity index (χ1v) is 7.32. The van der Waals surface area contributed by atoms with Gasteiger partial charge in [0.1, 0.15) is 23.1 Å². The van der Waals surface area contributed by atoms with Crippen LogP contribution in [0.5, 0.6) is 11.5 Å². The molecule has 22 heavy (non-hydrogen) atoms. The zero-order valence-corrected chi connectivity index (χ0v) is 13.0. The standard InChI is InChI=1S/C17H20N2O3/c1-21-15-9-13(10-16(11-15)22-2)8-14(12-18)17(20)19-6-4-3-5-7-19/h8-11H,3-7H2,1-2H3/b14-8+. The molecule has 1 aromatic rings. The van der Waals surface area contributed by atoms with Gasteiger partial charge in [0.05, 0.1) is 14.2 Å². The number of likely N-dealkylation sites (tertiary alicyclic amines) is 1. The first kappa shape index (κ1) is 15.9. The third-order valence-corrected chi connectivity index (χ3v) is 3.68. The van der Waals surface area contributed by atoms with Crippen molar-refractivity contribution >= 4 is 12.0 Å². The van der Waals surface area contributed by atoms with Crippen LogP contribution in [0, 0.1) is 11.3 Å². The van der Waals surface area contributed by atoms with E-state index in [0.717, 1.165) is 32.4 Å². The summed E-state index contributed by atoms with van der Waals surface area (Å²) in [7, 11) is 3.12. The molecule has 0 aliphatic carbocycles. The van der Waals surface area contributed by atoms with Gasteiger partial charge in [0.25, 0.3) is 5.91 Å². The van der Waals surface area contributed by atoms with E-state index in [1.807, 2.05) is 6.07 Å². The van der Waals surface area contributed by atoms with E-state index in [4.69, 9.17) is 9.47 Å². The number of amides is 1. The molecule has 0 radical (unpaired) electrons. The molecule has 1 fully saturated rings. The molecule has 1 aliphatic rings. The van der Waals surface area contributed by atoms with E-state index in [-0.39, 0.29) is 11.5 Å². The zero-order valence-electron chi connectivity index (χ0n) is 13.0. The van der Waals surface area contributed by atoms with Crippen LogP contribution in [0.15, 0.2) is 23.8 Å². The quantitative estimate of drug-likeness (QED) is 0.633. The lowest BCUT2D eigenvalue weighted by Crippen LogP contribution is -2.36. The molecule has 1 amide bonds. The molecule has 0 aromatic heterocycles. The topological polar surface area (TPSA) is 62.6 Å². The zero-order chi connectivity index (χ0) is 15.9. The van der Waals surface area contributed by atoms with Crippen molar-refractivity contribution in [2.45, 2.75) is 19.3 Å². The minimum atomic E-state index is -0.205. The van der Waals surface area contributed by atoms with Gasteiger partial charge >= 0.3 is 0 Å². The number of nitrogens with zero attached hydrogens (tertiary/aromatic N) is 2. The monoisotopic (exact) mass is 300 g/mol. The van der Waals surface area contributed by atoms with Crippen molar-refractivity contribution in [3.05, 3.63) is 29.3 Å². The number of carbonyl (C=O) groups excluding carboxylic acids is 1. The molecule has 5 nitrogen and oxygen atoms in total. The number of carbonyl (C=O) groups is 1. The maximum absolute atomic E-state index is 12.4. The second kappa shape index (κ2) is 7.51. The number of rotatable bonds is 4. The van der Waals surface area contributed by atoms with Gasteiger partial charge in [-0.15, -0.1) is 0 Å². The van der Waals surface area contributed by atoms with Crippen molar-refractivity contribution < 1.29 is 14.3 Å². The Morgan fingerprint density at radius 2 is 1.73 bits per heavy atom. The van der Waals surface area contributed by atoms with Crippen LogP contribution < -0.4 is 9.47 Å². The van der Waals surface area contributed by atoms with E-state index in [2.05, 4.69) is 0 Å². The lowest BCUT2D eigenvalue weighted by Gasteiger charge is -2.26. The fourth-order valence-electron chi connectivity index (χ4n) is 2.49. The first-order chi connectivity index (χ1) is 10.7. The molecule has 0 saturated carbocycles. The van der Waals surface area contributed by atoms with E-state index < -0.39 is 0 Å². The summed E-state index contributed by atoms with van der Waals surface area (Å²) in [5, 5.41) is 9.31. The molecular formula is C17H20N2O3. The number of ether oxygens (including phenoxy) is 2. The maximum atomic E-state index is 12.4. The molecule has 1 saturated heterocycles. The van der Waals surface area contributed by atoms with E-state index in [1.54, 1.807) is 43.4 Å². The number of hydrogen-bond donors (Lipinski definition) is 0. The minimum Gasteiger partial charge on any atom is -0.497 e. The van der Waals surface area contributed by atoms with Crippen LogP contribution in [-0.2, 0) is 4.79 Å². The molecule has 1 aliphatic heterocycles. The average Bonchev–Trinajstić information content (AvgIpc) is 2.59. The van der Waals surface area contributed by atoms with Crippen molar-refractivity contribution in [1.82, 2.24) is 4.90 Å². The van der Waals surface area contributed by atoms with Crippen LogP contribution in [0.3, 0.4) is 0 Å². The molecule has 0 atom stereocenters. The normalized spacial score (nSPS) is 15.1. The van der Waals surface area contributed by atoms with Crippen molar-refractivity contribution in [3.8, 4) is 17.6 Å². The molecule has 116 valence electrons. The van der Waals surface area contributed by atoms with Crippen LogP contribution in [0.1, 0.15) is 24.8 Å². The van der Waals surface area contributed by atoms with Gasteiger partial charge in [0.15, 0.2) is 0 Å². The number of piperidine rings is 1. The Morgan fingerprint density at radius 1 is 1.14 bits per heavy atom. The Bertz CT molecular complexity index is 589. The van der Waals surface area contributed by atoms with Gasteiger partial charge in [-0.3, -0.25) is 4.79 Å². The molecular weight excluding hydrogens is 280 g/mol. The Labute approximate surface area is 130 Å². The second-order valence-corrected chi connectivity index (χ2v) is 5.17. The molecule has 0 bridgehead atoms. The number of nitriles is 1. The largest absolute Gasteiger partial charge is 0.497 e. The number of hydrogen-bond acceptors (Lipinski definition) is 4. The highest BCUT2D eigenvalue weighted by Gasteiger charge is 2.20. The van der Waals surface area contributed by atoms with Crippen LogP contribution in [0.4, 0.5) is 0 Å². The van der Waals surface area contributed by atoms with Crippen LogP contribution >= 0.6 is 0 Å². The molecule has 2 rings (SSSR count). The van der Waals surface area contributed by atoms with Crippen molar-refractivity contribution in [1.29, 1.82) is 5.26 Å². The highest BCUT2D eigenvalue weighted by Crippen LogP contribution is 2.24. The smallest absolute Gasteiger partial charge is 0.264 e. The van der Waals surface area contributed by atoms with Crippen LogP contribution in [0.25, 0.3) is 6.08 Å². The highest BCUT2D eigenvalue weighted by atomic mass is 16.5. The summed E-state index contributed by atoms with van der Waals surface area (Å²) < 4.78 is 10.4.